The molecule has 3 unspecified atom stereocenters. The molecule has 1 N–H and O–H groups in total. The molecule has 0 bridgehead atoms. The number of benzene rings is 3. The first kappa shape index (κ1) is 24.8. The van der Waals surface area contributed by atoms with E-state index in [1.807, 2.05) is 12.1 Å². The van der Waals surface area contributed by atoms with Crippen molar-refractivity contribution in [2.24, 2.45) is 11.8 Å². The summed E-state index contributed by atoms with van der Waals surface area (Å²) in [6.07, 6.45) is 5.00. The minimum Gasteiger partial charge on any atom is -0.449 e. The maximum Gasteiger partial charge on any atom is 0.294 e. The van der Waals surface area contributed by atoms with E-state index in [1.165, 1.54) is 17.4 Å². The number of rotatable bonds is 5. The van der Waals surface area contributed by atoms with E-state index < -0.39 is 0 Å². The Kier molecular flexibility index (Phi) is 7.08. The lowest BCUT2D eigenvalue weighted by atomic mass is 9.78. The highest BCUT2D eigenvalue weighted by Crippen LogP contribution is 2.37. The van der Waals surface area contributed by atoms with Crippen LogP contribution >= 0.6 is 0 Å². The van der Waals surface area contributed by atoms with Crippen LogP contribution in [0.5, 0.6) is 5.75 Å². The number of ether oxygens (including phenoxy) is 1. The Balaban J connectivity index is 1.35. The van der Waals surface area contributed by atoms with Gasteiger partial charge in [0.15, 0.2) is 11.5 Å². The minimum absolute atomic E-state index is 0.0832. The summed E-state index contributed by atoms with van der Waals surface area (Å²) in [6.45, 7) is 4.54. The van der Waals surface area contributed by atoms with E-state index in [-0.39, 0.29) is 36.0 Å². The van der Waals surface area contributed by atoms with E-state index in [1.54, 1.807) is 60.7 Å². The zero-order valence-corrected chi connectivity index (χ0v) is 21.1. The summed E-state index contributed by atoms with van der Waals surface area (Å²) in [5.74, 6) is 0.907. The summed E-state index contributed by atoms with van der Waals surface area (Å²) in [5, 5.41) is 3.20. The van der Waals surface area contributed by atoms with Gasteiger partial charge in [0.25, 0.3) is 11.8 Å². The molecule has 0 radical (unpaired) electrons. The van der Waals surface area contributed by atoms with Crippen molar-refractivity contribution in [3.05, 3.63) is 101 Å². The molecule has 2 aliphatic rings. The Bertz CT molecular complexity index is 1330. The summed E-state index contributed by atoms with van der Waals surface area (Å²) in [5.41, 5.74) is 2.31. The first-order chi connectivity index (χ1) is 17.9. The average molecular weight is 499 g/mol. The van der Waals surface area contributed by atoms with Crippen LogP contribution in [-0.4, -0.2) is 17.9 Å². The number of hydrogen-bond donors (Lipinski definition) is 1. The van der Waals surface area contributed by atoms with Crippen LogP contribution in [0.2, 0.25) is 0 Å². The number of hydrogen-bond acceptors (Lipinski definition) is 3. The molecule has 6 heteroatoms. The van der Waals surface area contributed by atoms with Gasteiger partial charge >= 0.3 is 0 Å². The Labute approximate surface area is 217 Å². The van der Waals surface area contributed by atoms with Gasteiger partial charge in [0, 0.05) is 17.2 Å². The molecule has 3 atom stereocenters. The first-order valence-electron chi connectivity index (χ1n) is 12.9. The summed E-state index contributed by atoms with van der Waals surface area (Å²) in [6, 6.07) is 20.9. The van der Waals surface area contributed by atoms with Crippen LogP contribution < -0.4 is 15.0 Å². The second kappa shape index (κ2) is 10.6. The predicted molar refractivity (Wildman–Crippen MR) is 143 cm³/mol. The quantitative estimate of drug-likeness (QED) is 0.417. The largest absolute Gasteiger partial charge is 0.449 e. The summed E-state index contributed by atoms with van der Waals surface area (Å²) < 4.78 is 20.3. The molecule has 190 valence electrons. The van der Waals surface area contributed by atoms with Gasteiger partial charge in [-0.25, -0.2) is 4.39 Å². The van der Waals surface area contributed by atoms with Crippen LogP contribution in [0.25, 0.3) is 6.08 Å². The molecule has 0 aromatic heterocycles. The molecule has 1 heterocycles. The number of nitrogens with one attached hydrogen (secondary N) is 1. The molecule has 3 aromatic carbocycles. The lowest BCUT2D eigenvalue weighted by Crippen LogP contribution is -2.43. The van der Waals surface area contributed by atoms with Crippen molar-refractivity contribution >= 4 is 23.6 Å². The number of carbonyl (C=O) groups is 2. The zero-order valence-electron chi connectivity index (χ0n) is 21.1. The molecule has 3 aromatic rings. The van der Waals surface area contributed by atoms with E-state index in [2.05, 4.69) is 19.2 Å². The van der Waals surface area contributed by atoms with Gasteiger partial charge in [-0.15, -0.1) is 0 Å². The average Bonchev–Trinajstić information content (AvgIpc) is 2.90. The molecule has 0 saturated heterocycles. The molecule has 1 fully saturated rings. The van der Waals surface area contributed by atoms with Crippen LogP contribution in [0.3, 0.4) is 0 Å². The molecule has 5 rings (SSSR count). The molecule has 0 spiro atoms. The highest BCUT2D eigenvalue weighted by Gasteiger charge is 2.31. The van der Waals surface area contributed by atoms with Gasteiger partial charge in [-0.1, -0.05) is 69.2 Å². The predicted octanol–water partition coefficient (Wildman–Crippen LogP) is 6.35. The van der Waals surface area contributed by atoms with Crippen LogP contribution in [0, 0.1) is 17.7 Å². The van der Waals surface area contributed by atoms with Crippen LogP contribution in [0.1, 0.15) is 54.6 Å². The van der Waals surface area contributed by atoms with Crippen molar-refractivity contribution in [3.63, 3.8) is 0 Å². The van der Waals surface area contributed by atoms with Gasteiger partial charge in [-0.3, -0.25) is 14.5 Å². The monoisotopic (exact) mass is 498 g/mol. The topological polar surface area (TPSA) is 58.6 Å². The number of amides is 2. The van der Waals surface area contributed by atoms with Crippen molar-refractivity contribution in [3.8, 4) is 5.75 Å². The number of nitrogens with zero attached hydrogens (tertiary/aromatic N) is 1. The third kappa shape index (κ3) is 5.29. The SMILES string of the molecule is CC1CCCC(NC(=O)c2ccc(/C=C3\Oc4ccccc4N(Cc4ccccc4F)C3=O)cc2)C1C. The molecule has 1 aliphatic carbocycles. The summed E-state index contributed by atoms with van der Waals surface area (Å²) >= 11 is 0. The highest BCUT2D eigenvalue weighted by molar-refractivity contribution is 6.09. The maximum atomic E-state index is 14.4. The lowest BCUT2D eigenvalue weighted by Gasteiger charge is -2.34. The van der Waals surface area contributed by atoms with Gasteiger partial charge in [0.1, 0.15) is 5.82 Å². The maximum absolute atomic E-state index is 14.4. The standard InChI is InChI=1S/C31H31FN2O3/c1-20-8-7-11-26(21(20)2)33-30(35)23-16-14-22(15-17-23)18-29-31(36)34(19-24-9-3-4-10-25(24)32)27-12-5-6-13-28(27)37-29/h3-6,9-10,12-18,20-21,26H,7-8,11,19H2,1-2H3,(H,33,35)/b29-18-. The van der Waals surface area contributed by atoms with Crippen molar-refractivity contribution in [2.75, 3.05) is 4.90 Å². The fraction of sp³-hybridized carbons (Fsp3) is 0.290. The summed E-state index contributed by atoms with van der Waals surface area (Å²) in [7, 11) is 0. The normalized spacial score (nSPS) is 22.4. The number of carbonyl (C=O) groups excluding carboxylic acids is 2. The first-order valence-corrected chi connectivity index (χ1v) is 12.9. The van der Waals surface area contributed by atoms with Gasteiger partial charge in [-0.2, -0.15) is 0 Å². The van der Waals surface area contributed by atoms with E-state index >= 15 is 0 Å². The van der Waals surface area contributed by atoms with Gasteiger partial charge in [0.05, 0.1) is 12.2 Å². The number of para-hydroxylation sites is 2. The molecule has 1 aliphatic heterocycles. The second-order valence-corrected chi connectivity index (χ2v) is 10.0. The van der Waals surface area contributed by atoms with Crippen LogP contribution in [-0.2, 0) is 11.3 Å². The third-order valence-electron chi connectivity index (χ3n) is 7.61. The van der Waals surface area contributed by atoms with E-state index in [9.17, 15) is 14.0 Å². The second-order valence-electron chi connectivity index (χ2n) is 10.0. The fourth-order valence-corrected chi connectivity index (χ4v) is 5.14. The Morgan fingerprint density at radius 2 is 1.76 bits per heavy atom. The minimum atomic E-state index is -0.365. The molecule has 1 saturated carbocycles. The molecule has 37 heavy (non-hydrogen) atoms. The molecule has 2 amide bonds. The Hall–Kier alpha value is -3.93. The Morgan fingerprint density at radius 1 is 1.03 bits per heavy atom. The highest BCUT2D eigenvalue weighted by atomic mass is 19.1. The Morgan fingerprint density at radius 3 is 2.54 bits per heavy atom. The fourth-order valence-electron chi connectivity index (χ4n) is 5.14. The lowest BCUT2D eigenvalue weighted by molar-refractivity contribution is -0.117. The third-order valence-corrected chi connectivity index (χ3v) is 7.61. The smallest absolute Gasteiger partial charge is 0.294 e. The molecular formula is C31H31FN2O3. The van der Waals surface area contributed by atoms with Crippen molar-refractivity contribution in [1.82, 2.24) is 5.32 Å². The van der Waals surface area contributed by atoms with Crippen LogP contribution in [0.15, 0.2) is 78.6 Å². The molecule has 5 nitrogen and oxygen atoms in total. The number of fused-ring (bicyclic) bond motifs is 1. The zero-order chi connectivity index (χ0) is 25.9. The van der Waals surface area contributed by atoms with Crippen molar-refractivity contribution < 1.29 is 18.7 Å². The molecular weight excluding hydrogens is 467 g/mol. The van der Waals surface area contributed by atoms with Crippen molar-refractivity contribution in [1.29, 1.82) is 0 Å². The van der Waals surface area contributed by atoms with Crippen LogP contribution in [0.4, 0.5) is 10.1 Å². The van der Waals surface area contributed by atoms with Crippen molar-refractivity contribution in [2.45, 2.75) is 45.7 Å². The van der Waals surface area contributed by atoms with E-state index in [4.69, 9.17) is 4.74 Å². The van der Waals surface area contributed by atoms with Gasteiger partial charge < -0.3 is 10.1 Å². The van der Waals surface area contributed by atoms with Gasteiger partial charge in [-0.05, 0) is 60.2 Å². The van der Waals surface area contributed by atoms with E-state index in [0.717, 1.165) is 18.4 Å². The van der Waals surface area contributed by atoms with E-state index in [0.29, 0.717) is 34.4 Å². The summed E-state index contributed by atoms with van der Waals surface area (Å²) in [4.78, 5) is 27.8. The number of anilines is 1. The number of halogens is 1. The van der Waals surface area contributed by atoms with Gasteiger partial charge in [0.2, 0.25) is 0 Å².